The lowest BCUT2D eigenvalue weighted by Gasteiger charge is -2.24. The first kappa shape index (κ1) is 11.2. The molecule has 1 aromatic rings. The zero-order valence-electron chi connectivity index (χ0n) is 10.1. The monoisotopic (exact) mass is 222 g/mol. The third-order valence-electron chi connectivity index (χ3n) is 3.02. The van der Waals surface area contributed by atoms with Crippen molar-refractivity contribution in [2.45, 2.75) is 52.0 Å². The highest BCUT2D eigenvalue weighted by Gasteiger charge is 2.28. The van der Waals surface area contributed by atoms with E-state index < -0.39 is 5.97 Å². The maximum atomic E-state index is 11.1. The topological polar surface area (TPSA) is 55.1 Å². The smallest absolute Gasteiger partial charge is 0.356 e. The van der Waals surface area contributed by atoms with Crippen molar-refractivity contribution in [3.63, 3.8) is 0 Å². The Labute approximate surface area is 95.3 Å². The van der Waals surface area contributed by atoms with Crippen molar-refractivity contribution < 1.29 is 9.90 Å². The Bertz CT molecular complexity index is 427. The predicted molar refractivity (Wildman–Crippen MR) is 60.8 cm³/mol. The summed E-state index contributed by atoms with van der Waals surface area (Å²) in [5, 5.41) is 13.4. The summed E-state index contributed by atoms with van der Waals surface area (Å²) in [6, 6.07) is 0. The molecule has 0 saturated carbocycles. The average Bonchev–Trinajstić information content (AvgIpc) is 2.56. The number of nitrogens with zero attached hydrogens (tertiary/aromatic N) is 2. The lowest BCUT2D eigenvalue weighted by atomic mass is 9.95. The van der Waals surface area contributed by atoms with Crippen molar-refractivity contribution in [1.82, 2.24) is 9.78 Å². The van der Waals surface area contributed by atoms with Crippen LogP contribution in [0.1, 0.15) is 55.4 Å². The highest BCUT2D eigenvalue weighted by atomic mass is 16.4. The van der Waals surface area contributed by atoms with Gasteiger partial charge in [0, 0.05) is 11.3 Å². The second-order valence-electron chi connectivity index (χ2n) is 5.37. The average molecular weight is 222 g/mol. The fraction of sp³-hybridized carbons (Fsp3) is 0.667. The quantitative estimate of drug-likeness (QED) is 0.792. The minimum Gasteiger partial charge on any atom is -0.476 e. The lowest BCUT2D eigenvalue weighted by molar-refractivity contribution is 0.0687. The number of aromatic carboxylic acids is 1. The fourth-order valence-corrected chi connectivity index (χ4v) is 2.33. The van der Waals surface area contributed by atoms with Crippen molar-refractivity contribution in [3.8, 4) is 0 Å². The number of carbonyl (C=O) groups is 1. The molecule has 4 nitrogen and oxygen atoms in total. The second kappa shape index (κ2) is 3.61. The van der Waals surface area contributed by atoms with E-state index in [4.69, 9.17) is 5.11 Å². The Hall–Kier alpha value is -1.32. The van der Waals surface area contributed by atoms with Crippen LogP contribution in [-0.2, 0) is 18.4 Å². The molecule has 1 N–H and O–H groups in total. The number of carboxylic acid groups (broad SMARTS) is 1. The van der Waals surface area contributed by atoms with E-state index in [0.717, 1.165) is 36.9 Å². The molecule has 0 spiro atoms. The summed E-state index contributed by atoms with van der Waals surface area (Å²) < 4.78 is 1.89. The fourth-order valence-electron chi connectivity index (χ4n) is 2.33. The van der Waals surface area contributed by atoms with Crippen molar-refractivity contribution in [1.29, 1.82) is 0 Å². The molecule has 0 unspecified atom stereocenters. The molecule has 1 aliphatic carbocycles. The van der Waals surface area contributed by atoms with E-state index in [9.17, 15) is 4.79 Å². The van der Waals surface area contributed by atoms with Gasteiger partial charge in [-0.3, -0.25) is 4.68 Å². The molecule has 0 radical (unpaired) electrons. The molecule has 0 saturated heterocycles. The first-order chi connectivity index (χ1) is 7.41. The summed E-state index contributed by atoms with van der Waals surface area (Å²) in [7, 11) is 0. The van der Waals surface area contributed by atoms with E-state index in [1.165, 1.54) is 0 Å². The zero-order valence-corrected chi connectivity index (χ0v) is 10.1. The molecule has 1 aliphatic rings. The summed E-state index contributed by atoms with van der Waals surface area (Å²) in [6.45, 7) is 6.17. The largest absolute Gasteiger partial charge is 0.476 e. The third kappa shape index (κ3) is 1.72. The predicted octanol–water partition coefficient (Wildman–Crippen LogP) is 2.22. The number of hydrogen-bond acceptors (Lipinski definition) is 2. The molecular formula is C12H18N2O2. The van der Waals surface area contributed by atoms with Gasteiger partial charge in [-0.1, -0.05) is 0 Å². The lowest BCUT2D eigenvalue weighted by Crippen LogP contribution is -2.26. The highest BCUT2D eigenvalue weighted by molar-refractivity contribution is 5.87. The summed E-state index contributed by atoms with van der Waals surface area (Å²) in [4.78, 5) is 11.1. The van der Waals surface area contributed by atoms with Crippen LogP contribution < -0.4 is 0 Å². The molecule has 1 heterocycles. The van der Waals surface area contributed by atoms with Gasteiger partial charge < -0.3 is 5.11 Å². The normalized spacial score (nSPS) is 15.9. The van der Waals surface area contributed by atoms with Crippen LogP contribution in [0.5, 0.6) is 0 Å². The molecule has 0 bridgehead atoms. The number of fused-ring (bicyclic) bond motifs is 1. The van der Waals surface area contributed by atoms with Crippen LogP contribution in [0.4, 0.5) is 0 Å². The molecule has 4 heteroatoms. The van der Waals surface area contributed by atoms with Crippen molar-refractivity contribution in [2.24, 2.45) is 0 Å². The van der Waals surface area contributed by atoms with Gasteiger partial charge in [0.2, 0.25) is 0 Å². The number of rotatable bonds is 1. The first-order valence-electron chi connectivity index (χ1n) is 5.76. The Morgan fingerprint density at radius 2 is 1.94 bits per heavy atom. The van der Waals surface area contributed by atoms with Gasteiger partial charge in [-0.25, -0.2) is 4.79 Å². The Morgan fingerprint density at radius 1 is 1.31 bits per heavy atom. The number of hydrogen-bond donors (Lipinski definition) is 1. The molecule has 0 atom stereocenters. The van der Waals surface area contributed by atoms with E-state index in [1.54, 1.807) is 0 Å². The Morgan fingerprint density at radius 3 is 2.50 bits per heavy atom. The van der Waals surface area contributed by atoms with Crippen LogP contribution in [0, 0.1) is 0 Å². The maximum Gasteiger partial charge on any atom is 0.356 e. The van der Waals surface area contributed by atoms with Crippen molar-refractivity contribution >= 4 is 5.97 Å². The molecule has 0 aromatic carbocycles. The summed E-state index contributed by atoms with van der Waals surface area (Å²) in [5.74, 6) is -0.902. The SMILES string of the molecule is CC(C)(C)n1nc(C(=O)O)c2c1CCCC2. The standard InChI is InChI=1S/C12H18N2O2/c1-12(2,3)14-9-7-5-4-6-8(9)10(13-14)11(15)16/h4-7H2,1-3H3,(H,15,16). The zero-order chi connectivity index (χ0) is 11.9. The van der Waals surface area contributed by atoms with Gasteiger partial charge in [0.05, 0.1) is 5.54 Å². The highest BCUT2D eigenvalue weighted by Crippen LogP contribution is 2.28. The summed E-state index contributed by atoms with van der Waals surface area (Å²) >= 11 is 0. The van der Waals surface area contributed by atoms with Crippen LogP contribution in [0.3, 0.4) is 0 Å². The molecule has 16 heavy (non-hydrogen) atoms. The Kier molecular flexibility index (Phi) is 2.52. The van der Waals surface area contributed by atoms with E-state index in [2.05, 4.69) is 25.9 Å². The first-order valence-corrected chi connectivity index (χ1v) is 5.76. The van der Waals surface area contributed by atoms with E-state index in [-0.39, 0.29) is 11.2 Å². The van der Waals surface area contributed by atoms with Gasteiger partial charge >= 0.3 is 5.97 Å². The van der Waals surface area contributed by atoms with Crippen LogP contribution in [0.15, 0.2) is 0 Å². The van der Waals surface area contributed by atoms with Gasteiger partial charge in [0.15, 0.2) is 5.69 Å². The van der Waals surface area contributed by atoms with Crippen LogP contribution in [0.2, 0.25) is 0 Å². The van der Waals surface area contributed by atoms with E-state index >= 15 is 0 Å². The molecule has 0 aliphatic heterocycles. The Balaban J connectivity index is 2.59. The van der Waals surface area contributed by atoms with E-state index in [0.29, 0.717) is 0 Å². The summed E-state index contributed by atoms with van der Waals surface area (Å²) in [5.41, 5.74) is 2.18. The van der Waals surface area contributed by atoms with Gasteiger partial charge in [-0.05, 0) is 46.5 Å². The minimum absolute atomic E-state index is 0.144. The van der Waals surface area contributed by atoms with Gasteiger partial charge in [0.25, 0.3) is 0 Å². The minimum atomic E-state index is -0.902. The maximum absolute atomic E-state index is 11.1. The van der Waals surface area contributed by atoms with E-state index in [1.807, 2.05) is 4.68 Å². The number of carboxylic acids is 1. The van der Waals surface area contributed by atoms with Gasteiger partial charge in [-0.15, -0.1) is 0 Å². The molecule has 88 valence electrons. The van der Waals surface area contributed by atoms with Crippen LogP contribution in [-0.4, -0.2) is 20.9 Å². The number of aromatic nitrogens is 2. The van der Waals surface area contributed by atoms with Gasteiger partial charge in [0.1, 0.15) is 0 Å². The summed E-state index contributed by atoms with van der Waals surface area (Å²) in [6.07, 6.45) is 4.01. The molecule has 0 amide bonds. The third-order valence-corrected chi connectivity index (χ3v) is 3.02. The van der Waals surface area contributed by atoms with Gasteiger partial charge in [-0.2, -0.15) is 5.10 Å². The van der Waals surface area contributed by atoms with Crippen LogP contribution in [0.25, 0.3) is 0 Å². The molecule has 2 rings (SSSR count). The molecule has 0 fully saturated rings. The second-order valence-corrected chi connectivity index (χ2v) is 5.37. The molecular weight excluding hydrogens is 204 g/mol. The van der Waals surface area contributed by atoms with Crippen molar-refractivity contribution in [3.05, 3.63) is 17.0 Å². The van der Waals surface area contributed by atoms with Crippen LogP contribution >= 0.6 is 0 Å². The van der Waals surface area contributed by atoms with Crippen molar-refractivity contribution in [2.75, 3.05) is 0 Å². The molecule has 1 aromatic heterocycles.